The Hall–Kier alpha value is -1.68. The summed E-state index contributed by atoms with van der Waals surface area (Å²) in [6.07, 6.45) is 8.66. The predicted molar refractivity (Wildman–Crippen MR) is 49.7 cm³/mol. The van der Waals surface area contributed by atoms with Gasteiger partial charge in [-0.15, -0.1) is 0 Å². The van der Waals surface area contributed by atoms with E-state index in [-0.39, 0.29) is 6.04 Å². The Labute approximate surface area is 80.6 Å². The molecule has 0 saturated heterocycles. The first-order valence-corrected chi connectivity index (χ1v) is 4.27. The van der Waals surface area contributed by atoms with E-state index in [9.17, 15) is 9.59 Å². The van der Waals surface area contributed by atoms with E-state index in [0.717, 1.165) is 5.57 Å². The Balaban J connectivity index is 2.31. The fraction of sp³-hybridized carbons (Fsp3) is 0.200. The van der Waals surface area contributed by atoms with Crippen molar-refractivity contribution in [1.82, 2.24) is 5.32 Å². The van der Waals surface area contributed by atoms with Gasteiger partial charge in [0.1, 0.15) is 0 Å². The molecule has 0 fully saturated rings. The largest absolute Gasteiger partial charge is 0.480 e. The number of carbonyl (C=O) groups is 2. The molecule has 0 radical (unpaired) electrons. The lowest BCUT2D eigenvalue weighted by molar-refractivity contribution is -0.142. The molecule has 2 atom stereocenters. The third-order valence-electron chi connectivity index (χ3n) is 2.25. The van der Waals surface area contributed by atoms with Crippen LogP contribution in [0, 0.1) is 0 Å². The van der Waals surface area contributed by atoms with Gasteiger partial charge in [-0.05, 0) is 11.6 Å². The van der Waals surface area contributed by atoms with Crippen LogP contribution in [0.1, 0.15) is 0 Å². The second kappa shape index (κ2) is 3.23. The molecule has 2 aliphatic rings. The maximum atomic E-state index is 11.3. The van der Waals surface area contributed by atoms with Crippen LogP contribution < -0.4 is 5.32 Å². The van der Waals surface area contributed by atoms with Crippen molar-refractivity contribution >= 4 is 11.8 Å². The van der Waals surface area contributed by atoms with Crippen molar-refractivity contribution in [1.29, 1.82) is 0 Å². The molecule has 0 aromatic rings. The molecule has 2 unspecified atom stereocenters. The Morgan fingerprint density at radius 3 is 2.93 bits per heavy atom. The number of hydrogen-bond acceptors (Lipinski definition) is 3. The third kappa shape index (κ3) is 1.40. The van der Waals surface area contributed by atoms with Gasteiger partial charge in [-0.3, -0.25) is 14.9 Å². The highest BCUT2D eigenvalue weighted by Gasteiger charge is 2.32. The SMILES string of the molecule is O=C(O)C1NC2C=CC=CC2=CC1=O. The van der Waals surface area contributed by atoms with Gasteiger partial charge in [-0.25, -0.2) is 0 Å². The molecule has 1 heterocycles. The topological polar surface area (TPSA) is 66.4 Å². The molecule has 0 aromatic carbocycles. The zero-order chi connectivity index (χ0) is 10.1. The number of nitrogens with one attached hydrogen (secondary N) is 1. The molecule has 0 spiro atoms. The first-order valence-electron chi connectivity index (χ1n) is 4.27. The molecule has 0 saturated carbocycles. The molecule has 14 heavy (non-hydrogen) atoms. The number of ketones is 1. The average molecular weight is 191 g/mol. The zero-order valence-electron chi connectivity index (χ0n) is 7.31. The molecular formula is C10H9NO3. The van der Waals surface area contributed by atoms with Crippen LogP contribution in [-0.2, 0) is 9.59 Å². The van der Waals surface area contributed by atoms with Gasteiger partial charge in [0, 0.05) is 0 Å². The molecule has 0 amide bonds. The summed E-state index contributed by atoms with van der Waals surface area (Å²) < 4.78 is 0. The van der Waals surface area contributed by atoms with Crippen LogP contribution in [0.25, 0.3) is 0 Å². The highest BCUT2D eigenvalue weighted by atomic mass is 16.4. The van der Waals surface area contributed by atoms with Crippen molar-refractivity contribution in [2.45, 2.75) is 12.1 Å². The normalized spacial score (nSPS) is 29.7. The van der Waals surface area contributed by atoms with E-state index in [1.54, 1.807) is 6.08 Å². The van der Waals surface area contributed by atoms with Gasteiger partial charge >= 0.3 is 5.97 Å². The molecule has 4 heteroatoms. The molecule has 72 valence electrons. The lowest BCUT2D eigenvalue weighted by Gasteiger charge is -2.26. The maximum absolute atomic E-state index is 11.3. The summed E-state index contributed by atoms with van der Waals surface area (Å²) in [6.45, 7) is 0. The number of carboxylic acids is 1. The highest BCUT2D eigenvalue weighted by molar-refractivity contribution is 6.09. The quantitative estimate of drug-likeness (QED) is 0.574. The van der Waals surface area contributed by atoms with E-state index in [1.807, 2.05) is 18.2 Å². The van der Waals surface area contributed by atoms with E-state index >= 15 is 0 Å². The first kappa shape index (κ1) is 8.90. The van der Waals surface area contributed by atoms with Crippen molar-refractivity contribution in [3.05, 3.63) is 36.0 Å². The van der Waals surface area contributed by atoms with Crippen LogP contribution >= 0.6 is 0 Å². The second-order valence-corrected chi connectivity index (χ2v) is 3.21. The van der Waals surface area contributed by atoms with Crippen LogP contribution in [0.5, 0.6) is 0 Å². The van der Waals surface area contributed by atoms with Gasteiger partial charge in [0.2, 0.25) is 0 Å². The maximum Gasteiger partial charge on any atom is 0.328 e. The van der Waals surface area contributed by atoms with E-state index in [2.05, 4.69) is 5.32 Å². The van der Waals surface area contributed by atoms with Crippen molar-refractivity contribution < 1.29 is 14.7 Å². The molecule has 4 nitrogen and oxygen atoms in total. The average Bonchev–Trinajstić information content (AvgIpc) is 2.16. The molecule has 2 rings (SSSR count). The molecule has 1 aliphatic carbocycles. The van der Waals surface area contributed by atoms with Gasteiger partial charge in [0.05, 0.1) is 6.04 Å². The first-order chi connectivity index (χ1) is 6.68. The van der Waals surface area contributed by atoms with Crippen LogP contribution in [-0.4, -0.2) is 28.9 Å². The number of allylic oxidation sites excluding steroid dienone is 2. The van der Waals surface area contributed by atoms with Crippen LogP contribution in [0.15, 0.2) is 36.0 Å². The number of carbonyl (C=O) groups excluding carboxylic acids is 1. The summed E-state index contributed by atoms with van der Waals surface area (Å²) in [5.41, 5.74) is 0.815. The lowest BCUT2D eigenvalue weighted by Crippen LogP contribution is -2.51. The second-order valence-electron chi connectivity index (χ2n) is 3.21. The number of hydrogen-bond donors (Lipinski definition) is 2. The standard InChI is InChI=1S/C10H9NO3/c12-8-5-6-3-1-2-4-7(6)11-9(8)10(13)14/h1-5,7,9,11H,(H,13,14). The molecular weight excluding hydrogens is 182 g/mol. The van der Waals surface area contributed by atoms with Crippen LogP contribution in [0.2, 0.25) is 0 Å². The van der Waals surface area contributed by atoms with Gasteiger partial charge < -0.3 is 5.11 Å². The van der Waals surface area contributed by atoms with Crippen LogP contribution in [0.3, 0.4) is 0 Å². The third-order valence-corrected chi connectivity index (χ3v) is 2.25. The Bertz CT molecular complexity index is 379. The molecule has 2 N–H and O–H groups in total. The smallest absolute Gasteiger partial charge is 0.328 e. The minimum atomic E-state index is -1.13. The highest BCUT2D eigenvalue weighted by Crippen LogP contribution is 2.16. The minimum Gasteiger partial charge on any atom is -0.480 e. The Morgan fingerprint density at radius 2 is 2.21 bits per heavy atom. The number of carboxylic acid groups (broad SMARTS) is 1. The summed E-state index contributed by atoms with van der Waals surface area (Å²) in [5, 5.41) is 11.5. The van der Waals surface area contributed by atoms with Crippen molar-refractivity contribution in [3.63, 3.8) is 0 Å². The fourth-order valence-corrected chi connectivity index (χ4v) is 1.55. The number of rotatable bonds is 1. The lowest BCUT2D eigenvalue weighted by atomic mass is 9.93. The molecule has 0 bridgehead atoms. The molecule has 0 aromatic heterocycles. The van der Waals surface area contributed by atoms with E-state index < -0.39 is 17.8 Å². The van der Waals surface area contributed by atoms with E-state index in [4.69, 9.17) is 5.11 Å². The predicted octanol–water partition coefficient (Wildman–Crippen LogP) is 0.0329. The minimum absolute atomic E-state index is 0.154. The monoisotopic (exact) mass is 191 g/mol. The van der Waals surface area contributed by atoms with Gasteiger partial charge in [-0.2, -0.15) is 0 Å². The van der Waals surface area contributed by atoms with E-state index in [1.165, 1.54) is 6.08 Å². The van der Waals surface area contributed by atoms with Crippen molar-refractivity contribution in [3.8, 4) is 0 Å². The zero-order valence-corrected chi connectivity index (χ0v) is 7.31. The van der Waals surface area contributed by atoms with Crippen molar-refractivity contribution in [2.75, 3.05) is 0 Å². The Kier molecular flexibility index (Phi) is 2.05. The Morgan fingerprint density at radius 1 is 1.43 bits per heavy atom. The van der Waals surface area contributed by atoms with Gasteiger partial charge in [0.25, 0.3) is 0 Å². The summed E-state index contributed by atoms with van der Waals surface area (Å²) >= 11 is 0. The summed E-state index contributed by atoms with van der Waals surface area (Å²) in [5.74, 6) is -1.53. The number of fused-ring (bicyclic) bond motifs is 1. The number of aliphatic carboxylic acids is 1. The fourth-order valence-electron chi connectivity index (χ4n) is 1.55. The summed E-state index contributed by atoms with van der Waals surface area (Å²) in [6, 6.07) is -1.27. The summed E-state index contributed by atoms with van der Waals surface area (Å²) in [4.78, 5) is 22.0. The van der Waals surface area contributed by atoms with Crippen molar-refractivity contribution in [2.24, 2.45) is 0 Å². The van der Waals surface area contributed by atoms with Gasteiger partial charge in [0.15, 0.2) is 11.8 Å². The summed E-state index contributed by atoms with van der Waals surface area (Å²) in [7, 11) is 0. The molecule has 1 aliphatic heterocycles. The van der Waals surface area contributed by atoms with E-state index in [0.29, 0.717) is 0 Å². The van der Waals surface area contributed by atoms with Gasteiger partial charge in [-0.1, -0.05) is 24.3 Å². The van der Waals surface area contributed by atoms with Crippen LogP contribution in [0.4, 0.5) is 0 Å².